The van der Waals surface area contributed by atoms with Gasteiger partial charge in [-0.05, 0) is 36.8 Å². The number of rotatable bonds is 5. The van der Waals surface area contributed by atoms with E-state index in [4.69, 9.17) is 9.47 Å². The molecule has 29 heavy (non-hydrogen) atoms. The number of anilines is 1. The number of nitrogens with zero attached hydrogens (tertiary/aromatic N) is 1. The van der Waals surface area contributed by atoms with Gasteiger partial charge >= 0.3 is 0 Å². The quantitative estimate of drug-likeness (QED) is 0.697. The van der Waals surface area contributed by atoms with Crippen LogP contribution in [-0.4, -0.2) is 23.6 Å². The van der Waals surface area contributed by atoms with E-state index in [0.29, 0.717) is 22.7 Å². The fourth-order valence-electron chi connectivity index (χ4n) is 2.97. The Bertz CT molecular complexity index is 1050. The van der Waals surface area contributed by atoms with Crippen LogP contribution < -0.4 is 20.1 Å². The van der Waals surface area contributed by atoms with Crippen LogP contribution in [0.15, 0.2) is 66.9 Å². The number of carbonyl (C=O) groups is 2. The van der Waals surface area contributed by atoms with Gasteiger partial charge in [0.15, 0.2) is 11.5 Å². The molecule has 0 aliphatic carbocycles. The lowest BCUT2D eigenvalue weighted by molar-refractivity contribution is 0.0939. The van der Waals surface area contributed by atoms with Gasteiger partial charge in [-0.15, -0.1) is 0 Å². The Morgan fingerprint density at radius 2 is 1.76 bits per heavy atom. The highest BCUT2D eigenvalue weighted by atomic mass is 16.7. The monoisotopic (exact) mass is 389 g/mol. The lowest BCUT2D eigenvalue weighted by atomic mass is 10.1. The number of carbonyl (C=O) groups excluding carboxylic acids is 2. The molecule has 0 radical (unpaired) electrons. The van der Waals surface area contributed by atoms with Gasteiger partial charge < -0.3 is 20.1 Å². The van der Waals surface area contributed by atoms with Gasteiger partial charge in [0.2, 0.25) is 6.79 Å². The van der Waals surface area contributed by atoms with Crippen LogP contribution in [0.25, 0.3) is 0 Å². The SMILES string of the molecule is CC(NC(=O)c1ccnc(C(=O)Nc2ccc3c(c2)OCO3)c1)c1ccccc1. The molecule has 1 aliphatic rings. The number of nitrogens with one attached hydrogen (secondary N) is 2. The van der Waals surface area contributed by atoms with Crippen molar-refractivity contribution in [2.24, 2.45) is 0 Å². The molecule has 1 unspecified atom stereocenters. The highest BCUT2D eigenvalue weighted by Crippen LogP contribution is 2.34. The number of aromatic nitrogens is 1. The van der Waals surface area contributed by atoms with Gasteiger partial charge in [0.05, 0.1) is 6.04 Å². The summed E-state index contributed by atoms with van der Waals surface area (Å²) in [5.41, 5.74) is 2.05. The molecular weight excluding hydrogens is 370 g/mol. The lowest BCUT2D eigenvalue weighted by Gasteiger charge is -2.14. The highest BCUT2D eigenvalue weighted by molar-refractivity contribution is 6.05. The second kappa shape index (κ2) is 8.02. The molecule has 0 saturated carbocycles. The first-order chi connectivity index (χ1) is 14.1. The average Bonchev–Trinajstić information content (AvgIpc) is 3.22. The molecule has 2 heterocycles. The van der Waals surface area contributed by atoms with Crippen LogP contribution in [0.5, 0.6) is 11.5 Å². The number of hydrogen-bond acceptors (Lipinski definition) is 5. The number of hydrogen-bond donors (Lipinski definition) is 2. The normalized spacial score (nSPS) is 12.9. The van der Waals surface area contributed by atoms with E-state index >= 15 is 0 Å². The fourth-order valence-corrected chi connectivity index (χ4v) is 2.97. The first-order valence-electron chi connectivity index (χ1n) is 9.13. The summed E-state index contributed by atoms with van der Waals surface area (Å²) in [6.07, 6.45) is 1.44. The van der Waals surface area contributed by atoms with Crippen molar-refractivity contribution in [3.05, 3.63) is 83.7 Å². The van der Waals surface area contributed by atoms with Crippen LogP contribution in [0.1, 0.15) is 39.4 Å². The minimum atomic E-state index is -0.422. The molecular formula is C22H19N3O4. The van der Waals surface area contributed by atoms with Crippen molar-refractivity contribution in [1.29, 1.82) is 0 Å². The van der Waals surface area contributed by atoms with Gasteiger partial charge in [0.25, 0.3) is 11.8 Å². The zero-order chi connectivity index (χ0) is 20.2. The van der Waals surface area contributed by atoms with E-state index in [-0.39, 0.29) is 24.4 Å². The second-order valence-corrected chi connectivity index (χ2v) is 6.56. The molecule has 146 valence electrons. The van der Waals surface area contributed by atoms with E-state index in [9.17, 15) is 9.59 Å². The molecule has 2 aromatic carbocycles. The highest BCUT2D eigenvalue weighted by Gasteiger charge is 2.17. The minimum Gasteiger partial charge on any atom is -0.454 e. The third kappa shape index (κ3) is 4.19. The maximum Gasteiger partial charge on any atom is 0.274 e. The van der Waals surface area contributed by atoms with Crippen LogP contribution in [0, 0.1) is 0 Å². The molecule has 3 aromatic rings. The van der Waals surface area contributed by atoms with Crippen LogP contribution in [0.3, 0.4) is 0 Å². The maximum atomic E-state index is 12.6. The molecule has 4 rings (SSSR count). The molecule has 0 fully saturated rings. The predicted octanol–water partition coefficient (Wildman–Crippen LogP) is 3.55. The third-order valence-electron chi connectivity index (χ3n) is 4.53. The molecule has 1 atom stereocenters. The molecule has 2 N–H and O–H groups in total. The van der Waals surface area contributed by atoms with Crippen LogP contribution >= 0.6 is 0 Å². The van der Waals surface area contributed by atoms with E-state index in [1.165, 1.54) is 12.3 Å². The van der Waals surface area contributed by atoms with Gasteiger partial charge in [0.1, 0.15) is 5.69 Å². The van der Waals surface area contributed by atoms with Crippen molar-refractivity contribution in [3.63, 3.8) is 0 Å². The summed E-state index contributed by atoms with van der Waals surface area (Å²) < 4.78 is 10.6. The van der Waals surface area contributed by atoms with Gasteiger partial charge in [-0.1, -0.05) is 30.3 Å². The minimum absolute atomic E-state index is 0.141. The lowest BCUT2D eigenvalue weighted by Crippen LogP contribution is -2.27. The van der Waals surface area contributed by atoms with Crippen molar-refractivity contribution in [2.45, 2.75) is 13.0 Å². The van der Waals surface area contributed by atoms with E-state index in [1.807, 2.05) is 37.3 Å². The van der Waals surface area contributed by atoms with Crippen LogP contribution in [-0.2, 0) is 0 Å². The summed E-state index contributed by atoms with van der Waals surface area (Å²) in [6, 6.07) is 17.6. The summed E-state index contributed by atoms with van der Waals surface area (Å²) in [5.74, 6) is 0.502. The van der Waals surface area contributed by atoms with E-state index in [2.05, 4.69) is 15.6 Å². The zero-order valence-electron chi connectivity index (χ0n) is 15.7. The molecule has 1 aromatic heterocycles. The zero-order valence-corrected chi connectivity index (χ0v) is 15.7. The molecule has 0 spiro atoms. The first kappa shape index (κ1) is 18.5. The van der Waals surface area contributed by atoms with E-state index < -0.39 is 5.91 Å². The Hall–Kier alpha value is -3.87. The fraction of sp³-hybridized carbons (Fsp3) is 0.136. The number of benzene rings is 2. The van der Waals surface area contributed by atoms with E-state index in [0.717, 1.165) is 5.56 Å². The van der Waals surface area contributed by atoms with Gasteiger partial charge in [0, 0.05) is 23.5 Å². The van der Waals surface area contributed by atoms with Crippen LogP contribution in [0.2, 0.25) is 0 Å². The molecule has 1 aliphatic heterocycles. The van der Waals surface area contributed by atoms with Crippen molar-refractivity contribution < 1.29 is 19.1 Å². The first-order valence-corrected chi connectivity index (χ1v) is 9.13. The third-order valence-corrected chi connectivity index (χ3v) is 4.53. The second-order valence-electron chi connectivity index (χ2n) is 6.56. The predicted molar refractivity (Wildman–Crippen MR) is 107 cm³/mol. The maximum absolute atomic E-state index is 12.6. The molecule has 2 amide bonds. The topological polar surface area (TPSA) is 89.6 Å². The van der Waals surface area contributed by atoms with Crippen molar-refractivity contribution in [1.82, 2.24) is 10.3 Å². The summed E-state index contributed by atoms with van der Waals surface area (Å²) in [4.78, 5) is 29.2. The molecule has 0 saturated heterocycles. The Kier molecular flexibility index (Phi) is 5.11. The molecule has 7 nitrogen and oxygen atoms in total. The summed E-state index contributed by atoms with van der Waals surface area (Å²) in [7, 11) is 0. The van der Waals surface area contributed by atoms with Gasteiger partial charge in [-0.2, -0.15) is 0 Å². The van der Waals surface area contributed by atoms with Crippen molar-refractivity contribution in [2.75, 3.05) is 12.1 Å². The molecule has 0 bridgehead atoms. The van der Waals surface area contributed by atoms with Crippen LogP contribution in [0.4, 0.5) is 5.69 Å². The van der Waals surface area contributed by atoms with Gasteiger partial charge in [-0.25, -0.2) is 0 Å². The average molecular weight is 389 g/mol. The van der Waals surface area contributed by atoms with Gasteiger partial charge in [-0.3, -0.25) is 14.6 Å². The Labute approximate surface area is 167 Å². The Balaban J connectivity index is 1.45. The summed E-state index contributed by atoms with van der Waals surface area (Å²) >= 11 is 0. The number of amides is 2. The van der Waals surface area contributed by atoms with E-state index in [1.54, 1.807) is 24.3 Å². The Morgan fingerprint density at radius 1 is 0.966 bits per heavy atom. The largest absolute Gasteiger partial charge is 0.454 e. The standard InChI is InChI=1S/C22H19N3O4/c1-14(15-5-3-2-4-6-15)24-21(26)16-9-10-23-18(11-16)22(27)25-17-7-8-19-20(12-17)29-13-28-19/h2-12,14H,13H2,1H3,(H,24,26)(H,25,27). The Morgan fingerprint density at radius 3 is 2.59 bits per heavy atom. The smallest absolute Gasteiger partial charge is 0.274 e. The van der Waals surface area contributed by atoms with Crippen molar-refractivity contribution in [3.8, 4) is 11.5 Å². The van der Waals surface area contributed by atoms with Crippen molar-refractivity contribution >= 4 is 17.5 Å². The summed E-state index contributed by atoms with van der Waals surface area (Å²) in [6.45, 7) is 2.06. The summed E-state index contributed by atoms with van der Waals surface area (Å²) in [5, 5.41) is 5.68. The number of fused-ring (bicyclic) bond motifs is 1. The number of ether oxygens (including phenoxy) is 2. The molecule has 7 heteroatoms. The number of pyridine rings is 1.